The number of carbonyl (C=O) groups excluding carboxylic acids is 2. The minimum atomic E-state index is -0.459. The first kappa shape index (κ1) is 20.3. The van der Waals surface area contributed by atoms with Crippen LogP contribution in [0.5, 0.6) is 0 Å². The van der Waals surface area contributed by atoms with Gasteiger partial charge < -0.3 is 10.1 Å². The van der Waals surface area contributed by atoms with E-state index in [4.69, 9.17) is 4.74 Å². The molecule has 0 spiro atoms. The molecule has 29 heavy (non-hydrogen) atoms. The number of nitrogens with one attached hydrogen (secondary N) is 1. The van der Waals surface area contributed by atoms with Crippen LogP contribution in [-0.2, 0) is 20.7 Å². The number of rotatable bonds is 6. The molecule has 0 saturated heterocycles. The Hall–Kier alpha value is -3.41. The molecular weight excluding hydrogens is 366 g/mol. The lowest BCUT2D eigenvalue weighted by Gasteiger charge is -2.10. The number of aryl methyl sites for hydroxylation is 3. The number of hydrogen-bond donors (Lipinski definition) is 1. The molecule has 0 aliphatic carbocycles. The zero-order valence-corrected chi connectivity index (χ0v) is 17.2. The van der Waals surface area contributed by atoms with Gasteiger partial charge in [-0.3, -0.25) is 9.59 Å². The van der Waals surface area contributed by atoms with E-state index >= 15 is 0 Å². The van der Waals surface area contributed by atoms with E-state index in [0.717, 1.165) is 33.8 Å². The molecule has 1 N–H and O–H groups in total. The molecule has 0 saturated carbocycles. The van der Waals surface area contributed by atoms with Crippen molar-refractivity contribution in [1.82, 2.24) is 9.78 Å². The number of anilines is 1. The first-order chi connectivity index (χ1) is 13.8. The zero-order chi connectivity index (χ0) is 21.0. The van der Waals surface area contributed by atoms with Gasteiger partial charge in [-0.15, -0.1) is 0 Å². The van der Waals surface area contributed by atoms with Crippen LogP contribution in [0.25, 0.3) is 5.69 Å². The summed E-state index contributed by atoms with van der Waals surface area (Å²) in [7, 11) is 0. The number of esters is 1. The predicted molar refractivity (Wildman–Crippen MR) is 112 cm³/mol. The van der Waals surface area contributed by atoms with E-state index in [-0.39, 0.29) is 18.9 Å². The van der Waals surface area contributed by atoms with Crippen LogP contribution < -0.4 is 5.32 Å². The van der Waals surface area contributed by atoms with Crippen molar-refractivity contribution in [3.63, 3.8) is 0 Å². The van der Waals surface area contributed by atoms with E-state index in [2.05, 4.69) is 10.4 Å². The summed E-state index contributed by atoms with van der Waals surface area (Å²) < 4.78 is 6.99. The van der Waals surface area contributed by atoms with Crippen molar-refractivity contribution < 1.29 is 14.3 Å². The quantitative estimate of drug-likeness (QED) is 0.648. The van der Waals surface area contributed by atoms with Crippen molar-refractivity contribution in [3.8, 4) is 5.69 Å². The maximum Gasteiger partial charge on any atom is 0.310 e. The molecule has 3 rings (SSSR count). The number of benzene rings is 2. The first-order valence-electron chi connectivity index (χ1n) is 9.48. The van der Waals surface area contributed by atoms with Gasteiger partial charge in [-0.25, -0.2) is 4.68 Å². The third kappa shape index (κ3) is 4.90. The highest BCUT2D eigenvalue weighted by atomic mass is 16.5. The molecule has 0 unspecified atom stereocenters. The predicted octanol–water partition coefficient (Wildman–Crippen LogP) is 3.83. The van der Waals surface area contributed by atoms with Gasteiger partial charge in [-0.1, -0.05) is 35.9 Å². The Morgan fingerprint density at radius 2 is 1.76 bits per heavy atom. The van der Waals surface area contributed by atoms with Crippen molar-refractivity contribution in [1.29, 1.82) is 0 Å². The fraction of sp³-hybridized carbons (Fsp3) is 0.261. The van der Waals surface area contributed by atoms with E-state index in [0.29, 0.717) is 5.69 Å². The molecule has 6 heteroatoms. The average Bonchev–Trinajstić information content (AvgIpc) is 2.97. The lowest BCUT2D eigenvalue weighted by Crippen LogP contribution is -2.22. The highest BCUT2D eigenvalue weighted by Crippen LogP contribution is 2.19. The van der Waals surface area contributed by atoms with Crippen LogP contribution in [0.3, 0.4) is 0 Å². The summed E-state index contributed by atoms with van der Waals surface area (Å²) >= 11 is 0. The van der Waals surface area contributed by atoms with E-state index < -0.39 is 5.97 Å². The Morgan fingerprint density at radius 3 is 2.45 bits per heavy atom. The Morgan fingerprint density at radius 1 is 1.03 bits per heavy atom. The summed E-state index contributed by atoms with van der Waals surface area (Å²) in [5.41, 5.74) is 6.19. The topological polar surface area (TPSA) is 73.2 Å². The summed E-state index contributed by atoms with van der Waals surface area (Å²) in [5, 5.41) is 7.30. The SMILES string of the molecule is Cc1ccc(NC(=O)COC(=O)Cc2c(C)nn(-c3ccccc3)c2C)c(C)c1. The van der Waals surface area contributed by atoms with Crippen LogP contribution in [0.15, 0.2) is 48.5 Å². The van der Waals surface area contributed by atoms with Crippen molar-refractivity contribution in [2.45, 2.75) is 34.1 Å². The molecule has 0 aliphatic heterocycles. The Balaban J connectivity index is 1.60. The number of ether oxygens (including phenoxy) is 1. The summed E-state index contributed by atoms with van der Waals surface area (Å²) in [6, 6.07) is 15.5. The van der Waals surface area contributed by atoms with Gasteiger partial charge in [0.15, 0.2) is 6.61 Å². The van der Waals surface area contributed by atoms with Crippen LogP contribution in [0.1, 0.15) is 28.1 Å². The summed E-state index contributed by atoms with van der Waals surface area (Å²) in [6.07, 6.45) is 0.0708. The van der Waals surface area contributed by atoms with Crippen LogP contribution in [0, 0.1) is 27.7 Å². The van der Waals surface area contributed by atoms with Gasteiger partial charge in [0.25, 0.3) is 5.91 Å². The third-order valence-electron chi connectivity index (χ3n) is 4.78. The van der Waals surface area contributed by atoms with Crippen molar-refractivity contribution in [3.05, 3.63) is 76.6 Å². The fourth-order valence-corrected chi connectivity index (χ4v) is 3.23. The van der Waals surface area contributed by atoms with Gasteiger partial charge >= 0.3 is 5.97 Å². The zero-order valence-electron chi connectivity index (χ0n) is 17.2. The van der Waals surface area contributed by atoms with Crippen LogP contribution in [0.4, 0.5) is 5.69 Å². The maximum absolute atomic E-state index is 12.3. The molecule has 6 nitrogen and oxygen atoms in total. The van der Waals surface area contributed by atoms with E-state index in [1.54, 1.807) is 0 Å². The molecule has 0 fully saturated rings. The third-order valence-corrected chi connectivity index (χ3v) is 4.78. The second kappa shape index (κ2) is 8.73. The lowest BCUT2D eigenvalue weighted by molar-refractivity contribution is -0.146. The molecule has 0 bridgehead atoms. The molecule has 0 aliphatic rings. The maximum atomic E-state index is 12.3. The number of nitrogens with zero attached hydrogens (tertiary/aromatic N) is 2. The fourth-order valence-electron chi connectivity index (χ4n) is 3.23. The molecule has 1 heterocycles. The van der Waals surface area contributed by atoms with E-state index in [9.17, 15) is 9.59 Å². The van der Waals surface area contributed by atoms with Crippen molar-refractivity contribution >= 4 is 17.6 Å². The van der Waals surface area contributed by atoms with Gasteiger partial charge in [0.1, 0.15) is 0 Å². The monoisotopic (exact) mass is 391 g/mol. The smallest absolute Gasteiger partial charge is 0.310 e. The van der Waals surface area contributed by atoms with Gasteiger partial charge in [0, 0.05) is 16.9 Å². The second-order valence-corrected chi connectivity index (χ2v) is 7.10. The van der Waals surface area contributed by atoms with Crippen molar-refractivity contribution in [2.75, 3.05) is 11.9 Å². The standard InChI is InChI=1S/C23H25N3O3/c1-15-10-11-21(16(2)12-15)24-22(27)14-29-23(28)13-20-17(3)25-26(18(20)4)19-8-6-5-7-9-19/h5-12H,13-14H2,1-4H3,(H,24,27). The summed E-state index contributed by atoms with van der Waals surface area (Å²) in [5.74, 6) is -0.821. The Bertz CT molecular complexity index is 1040. The lowest BCUT2D eigenvalue weighted by atomic mass is 10.1. The Kier molecular flexibility index (Phi) is 6.12. The number of hydrogen-bond acceptors (Lipinski definition) is 4. The number of amides is 1. The summed E-state index contributed by atoms with van der Waals surface area (Å²) in [4.78, 5) is 24.4. The van der Waals surface area contributed by atoms with Gasteiger partial charge in [0.2, 0.25) is 0 Å². The van der Waals surface area contributed by atoms with Gasteiger partial charge in [0.05, 0.1) is 17.8 Å². The highest BCUT2D eigenvalue weighted by molar-refractivity contribution is 5.93. The summed E-state index contributed by atoms with van der Waals surface area (Å²) in [6.45, 7) is 7.37. The Labute approximate surface area is 170 Å². The second-order valence-electron chi connectivity index (χ2n) is 7.10. The van der Waals surface area contributed by atoms with Crippen molar-refractivity contribution in [2.24, 2.45) is 0 Å². The minimum Gasteiger partial charge on any atom is -0.455 e. The highest BCUT2D eigenvalue weighted by Gasteiger charge is 2.17. The van der Waals surface area contributed by atoms with Gasteiger partial charge in [-0.05, 0) is 51.5 Å². The first-order valence-corrected chi connectivity index (χ1v) is 9.48. The average molecular weight is 391 g/mol. The molecular formula is C23H25N3O3. The number of para-hydroxylation sites is 1. The molecule has 1 aromatic heterocycles. The molecule has 3 aromatic rings. The van der Waals surface area contributed by atoms with Crippen LogP contribution in [0.2, 0.25) is 0 Å². The minimum absolute atomic E-state index is 0.0708. The number of carbonyl (C=O) groups is 2. The van der Waals surface area contributed by atoms with Gasteiger partial charge in [-0.2, -0.15) is 5.10 Å². The molecule has 0 atom stereocenters. The van der Waals surface area contributed by atoms with E-state index in [1.807, 2.05) is 80.9 Å². The number of aromatic nitrogens is 2. The van der Waals surface area contributed by atoms with Crippen LogP contribution in [-0.4, -0.2) is 28.3 Å². The molecule has 2 aromatic carbocycles. The van der Waals surface area contributed by atoms with Crippen LogP contribution >= 0.6 is 0 Å². The normalized spacial score (nSPS) is 10.6. The molecule has 1 amide bonds. The molecule has 150 valence electrons. The largest absolute Gasteiger partial charge is 0.455 e. The van der Waals surface area contributed by atoms with E-state index in [1.165, 1.54) is 0 Å². The molecule has 0 radical (unpaired) electrons.